The Morgan fingerprint density at radius 3 is 2.73 bits per heavy atom. The fourth-order valence-electron chi connectivity index (χ4n) is 1.85. The van der Waals surface area contributed by atoms with Crippen molar-refractivity contribution in [3.05, 3.63) is 34.6 Å². The molecule has 0 radical (unpaired) electrons. The van der Waals surface area contributed by atoms with Crippen molar-refractivity contribution in [2.24, 2.45) is 0 Å². The van der Waals surface area contributed by atoms with E-state index < -0.39 is 0 Å². The molecule has 0 aliphatic rings. The second kappa shape index (κ2) is 3.70. The predicted molar refractivity (Wildman–Crippen MR) is 62.8 cm³/mol. The maximum absolute atomic E-state index is 6.08. The zero-order valence-electron chi connectivity index (χ0n) is 8.97. The number of pyridine rings is 1. The van der Waals surface area contributed by atoms with E-state index in [2.05, 4.69) is 4.98 Å². The number of ether oxygens (including phenoxy) is 1. The third-order valence-corrected chi connectivity index (χ3v) is 2.93. The van der Waals surface area contributed by atoms with Gasteiger partial charge in [0.25, 0.3) is 0 Å². The number of halogens is 1. The van der Waals surface area contributed by atoms with Gasteiger partial charge in [0.2, 0.25) is 0 Å². The Hall–Kier alpha value is -1.28. The van der Waals surface area contributed by atoms with Crippen molar-refractivity contribution >= 4 is 22.4 Å². The number of methoxy groups -OCH3 is 1. The summed E-state index contributed by atoms with van der Waals surface area (Å²) in [5.41, 5.74) is 2.19. The average Bonchev–Trinajstić information content (AvgIpc) is 2.23. The van der Waals surface area contributed by atoms with Gasteiger partial charge in [-0.2, -0.15) is 0 Å². The molecule has 2 aromatic rings. The minimum atomic E-state index is 0.552. The van der Waals surface area contributed by atoms with Gasteiger partial charge in [0.05, 0.1) is 7.11 Å². The molecule has 0 unspecified atom stereocenters. The molecule has 0 bridgehead atoms. The molecule has 0 saturated carbocycles. The van der Waals surface area contributed by atoms with Crippen LogP contribution in [-0.4, -0.2) is 12.1 Å². The maximum Gasteiger partial charge on any atom is 0.137 e. The maximum atomic E-state index is 6.08. The van der Waals surface area contributed by atoms with E-state index in [-0.39, 0.29) is 0 Å². The fourth-order valence-corrected chi connectivity index (χ4v) is 2.15. The van der Waals surface area contributed by atoms with Gasteiger partial charge in [0.15, 0.2) is 0 Å². The third-order valence-electron chi connectivity index (χ3n) is 2.64. The van der Waals surface area contributed by atoms with Gasteiger partial charge in [-0.3, -0.25) is 0 Å². The predicted octanol–water partition coefficient (Wildman–Crippen LogP) is 3.51. The molecule has 2 nitrogen and oxygen atoms in total. The largest absolute Gasteiger partial charge is 0.496 e. The van der Waals surface area contributed by atoms with Gasteiger partial charge in [-0.15, -0.1) is 0 Å². The van der Waals surface area contributed by atoms with Crippen LogP contribution in [0.4, 0.5) is 0 Å². The lowest BCUT2D eigenvalue weighted by molar-refractivity contribution is 0.412. The third kappa shape index (κ3) is 1.55. The Morgan fingerprint density at radius 2 is 2.07 bits per heavy atom. The average molecular weight is 222 g/mol. The summed E-state index contributed by atoms with van der Waals surface area (Å²) in [6.07, 6.45) is 1.72. The number of hydrogen-bond donors (Lipinski definition) is 0. The highest BCUT2D eigenvalue weighted by molar-refractivity contribution is 6.34. The van der Waals surface area contributed by atoms with Crippen LogP contribution in [-0.2, 0) is 0 Å². The van der Waals surface area contributed by atoms with E-state index in [1.165, 1.54) is 0 Å². The molecule has 0 atom stereocenters. The molecule has 0 N–H and O–H groups in total. The Balaban J connectivity index is 2.93. The van der Waals surface area contributed by atoms with Gasteiger partial charge in [-0.1, -0.05) is 11.6 Å². The highest BCUT2D eigenvalue weighted by Gasteiger charge is 2.09. The van der Waals surface area contributed by atoms with E-state index >= 15 is 0 Å². The fraction of sp³-hybridized carbons (Fsp3) is 0.250. The Labute approximate surface area is 93.8 Å². The first-order chi connectivity index (χ1) is 7.15. The van der Waals surface area contributed by atoms with Gasteiger partial charge in [0.1, 0.15) is 10.9 Å². The first-order valence-electron chi connectivity index (χ1n) is 4.73. The zero-order valence-corrected chi connectivity index (χ0v) is 9.72. The van der Waals surface area contributed by atoms with E-state index in [9.17, 15) is 0 Å². The van der Waals surface area contributed by atoms with Gasteiger partial charge in [-0.25, -0.2) is 4.98 Å². The number of aromatic nitrogens is 1. The van der Waals surface area contributed by atoms with Crippen molar-refractivity contribution in [1.29, 1.82) is 0 Å². The molecule has 0 aliphatic carbocycles. The van der Waals surface area contributed by atoms with Crippen LogP contribution in [0.5, 0.6) is 5.75 Å². The van der Waals surface area contributed by atoms with Crippen molar-refractivity contribution < 1.29 is 4.74 Å². The minimum Gasteiger partial charge on any atom is -0.496 e. The topological polar surface area (TPSA) is 22.1 Å². The Bertz CT molecular complexity index is 523. The molecule has 0 saturated heterocycles. The van der Waals surface area contributed by atoms with Crippen LogP contribution in [0, 0.1) is 13.8 Å². The molecule has 0 aliphatic heterocycles. The van der Waals surface area contributed by atoms with Crippen molar-refractivity contribution in [1.82, 2.24) is 4.98 Å². The highest BCUT2D eigenvalue weighted by atomic mass is 35.5. The lowest BCUT2D eigenvalue weighted by Crippen LogP contribution is -1.92. The van der Waals surface area contributed by atoms with Crippen molar-refractivity contribution in [2.75, 3.05) is 7.11 Å². The van der Waals surface area contributed by atoms with Crippen LogP contribution in [0.3, 0.4) is 0 Å². The van der Waals surface area contributed by atoms with Crippen molar-refractivity contribution in [3.8, 4) is 5.75 Å². The van der Waals surface area contributed by atoms with E-state index in [1.54, 1.807) is 13.3 Å². The van der Waals surface area contributed by atoms with Crippen molar-refractivity contribution in [3.63, 3.8) is 0 Å². The number of hydrogen-bond acceptors (Lipinski definition) is 2. The monoisotopic (exact) mass is 221 g/mol. The summed E-state index contributed by atoms with van der Waals surface area (Å²) in [7, 11) is 1.68. The van der Waals surface area contributed by atoms with Gasteiger partial charge in [0, 0.05) is 11.6 Å². The molecule has 3 heteroatoms. The van der Waals surface area contributed by atoms with Crippen LogP contribution in [0.1, 0.15) is 11.1 Å². The molecule has 1 aromatic heterocycles. The van der Waals surface area contributed by atoms with Crippen LogP contribution >= 0.6 is 11.6 Å². The summed E-state index contributed by atoms with van der Waals surface area (Å²) in [5.74, 6) is 0.891. The minimum absolute atomic E-state index is 0.552. The summed E-state index contributed by atoms with van der Waals surface area (Å²) in [4.78, 5) is 4.09. The van der Waals surface area contributed by atoms with Crippen molar-refractivity contribution in [2.45, 2.75) is 13.8 Å². The van der Waals surface area contributed by atoms with Crippen LogP contribution in [0.25, 0.3) is 10.8 Å². The Morgan fingerprint density at radius 1 is 1.33 bits per heavy atom. The molecule has 0 fully saturated rings. The molecular formula is C12H12ClNO. The Kier molecular flexibility index (Phi) is 2.53. The molecule has 0 amide bonds. The summed E-state index contributed by atoms with van der Waals surface area (Å²) in [6.45, 7) is 4.04. The molecular weight excluding hydrogens is 210 g/mol. The standard InChI is InChI=1S/C12H12ClNO/c1-7-6-10(15-3)8(2)9-4-5-14-12(13)11(7)9/h4-6H,1-3H3. The molecule has 1 heterocycles. The van der Waals surface area contributed by atoms with Gasteiger partial charge >= 0.3 is 0 Å². The van der Waals surface area contributed by atoms with Crippen LogP contribution < -0.4 is 4.74 Å². The van der Waals surface area contributed by atoms with E-state index in [1.807, 2.05) is 26.0 Å². The highest BCUT2D eigenvalue weighted by Crippen LogP contribution is 2.33. The molecule has 2 rings (SSSR count). The number of rotatable bonds is 1. The number of nitrogens with zero attached hydrogens (tertiary/aromatic N) is 1. The number of aryl methyl sites for hydroxylation is 2. The molecule has 78 valence electrons. The van der Waals surface area contributed by atoms with E-state index in [0.29, 0.717) is 5.15 Å². The normalized spacial score (nSPS) is 10.7. The SMILES string of the molecule is COc1cc(C)c2c(Cl)nccc2c1C. The number of benzene rings is 1. The lowest BCUT2D eigenvalue weighted by Gasteiger charge is -2.11. The van der Waals surface area contributed by atoms with Gasteiger partial charge in [-0.05, 0) is 42.5 Å². The summed E-state index contributed by atoms with van der Waals surface area (Å²) in [5, 5.41) is 2.67. The molecule has 1 aromatic carbocycles. The van der Waals surface area contributed by atoms with E-state index in [4.69, 9.17) is 16.3 Å². The first-order valence-corrected chi connectivity index (χ1v) is 5.11. The lowest BCUT2D eigenvalue weighted by atomic mass is 10.0. The summed E-state index contributed by atoms with van der Waals surface area (Å²) < 4.78 is 5.31. The number of fused-ring (bicyclic) bond motifs is 1. The quantitative estimate of drug-likeness (QED) is 0.688. The second-order valence-corrected chi connectivity index (χ2v) is 3.90. The van der Waals surface area contributed by atoms with E-state index in [0.717, 1.165) is 27.6 Å². The van der Waals surface area contributed by atoms with Gasteiger partial charge < -0.3 is 4.74 Å². The summed E-state index contributed by atoms with van der Waals surface area (Å²) >= 11 is 6.08. The van der Waals surface area contributed by atoms with Crippen LogP contribution in [0.2, 0.25) is 5.15 Å². The first kappa shape index (κ1) is 10.2. The zero-order chi connectivity index (χ0) is 11.0. The second-order valence-electron chi connectivity index (χ2n) is 3.55. The molecule has 0 spiro atoms. The summed E-state index contributed by atoms with van der Waals surface area (Å²) in [6, 6.07) is 3.96. The smallest absolute Gasteiger partial charge is 0.137 e. The molecule has 15 heavy (non-hydrogen) atoms. The van der Waals surface area contributed by atoms with Crippen LogP contribution in [0.15, 0.2) is 18.3 Å².